The number of imidazole rings is 1. The number of hydrogen-bond acceptors (Lipinski definition) is 9. The van der Waals surface area contributed by atoms with Crippen molar-refractivity contribution in [3.8, 4) is 0 Å². The molecule has 2 atom stereocenters. The second-order valence-corrected chi connectivity index (χ2v) is 22.1. The van der Waals surface area contributed by atoms with Gasteiger partial charge in [-0.2, -0.15) is 0 Å². The number of esters is 1. The molecule has 0 amide bonds. The van der Waals surface area contributed by atoms with Crippen molar-refractivity contribution < 1.29 is 33.3 Å². The topological polar surface area (TPSA) is 101 Å². The van der Waals surface area contributed by atoms with Gasteiger partial charge in [0.1, 0.15) is 5.78 Å². The van der Waals surface area contributed by atoms with Crippen LogP contribution in [0, 0.1) is 5.41 Å². The molecule has 0 aliphatic carbocycles. The van der Waals surface area contributed by atoms with Crippen LogP contribution in [0.5, 0.6) is 0 Å². The van der Waals surface area contributed by atoms with Gasteiger partial charge >= 0.3 is 5.97 Å². The molecular formula is C62H117N3O7. The third-order valence-electron chi connectivity index (χ3n) is 15.4. The van der Waals surface area contributed by atoms with Gasteiger partial charge in [-0.15, -0.1) is 0 Å². The molecule has 1 aromatic rings. The van der Waals surface area contributed by atoms with Gasteiger partial charge in [-0.1, -0.05) is 182 Å². The zero-order chi connectivity index (χ0) is 51.8. The van der Waals surface area contributed by atoms with Crippen molar-refractivity contribution in [2.75, 3.05) is 46.1 Å². The maximum atomic E-state index is 13.5. The molecule has 1 aliphatic heterocycles. The summed E-state index contributed by atoms with van der Waals surface area (Å²) in [6.07, 6.45) is 49.7. The lowest BCUT2D eigenvalue weighted by molar-refractivity contribution is -0.177. The molecule has 0 aromatic carbocycles. The highest BCUT2D eigenvalue weighted by atomic mass is 16.7. The molecule has 0 N–H and O–H groups in total. The van der Waals surface area contributed by atoms with Crippen molar-refractivity contribution in [3.63, 3.8) is 0 Å². The highest BCUT2D eigenvalue weighted by Gasteiger charge is 2.34. The predicted octanol–water partition coefficient (Wildman–Crippen LogP) is 17.1. The Hall–Kier alpha value is -1.85. The number of ketones is 1. The summed E-state index contributed by atoms with van der Waals surface area (Å²) < 4.78 is 33.6. The maximum absolute atomic E-state index is 13.5. The molecule has 0 saturated carbocycles. The number of aromatic nitrogens is 2. The molecule has 0 bridgehead atoms. The molecule has 2 heterocycles. The first kappa shape index (κ1) is 66.3. The van der Waals surface area contributed by atoms with Crippen LogP contribution in [-0.4, -0.2) is 90.9 Å². The average molecular weight is 1020 g/mol. The van der Waals surface area contributed by atoms with E-state index in [1.807, 2.05) is 18.7 Å². The van der Waals surface area contributed by atoms with E-state index < -0.39 is 0 Å². The first-order valence-corrected chi connectivity index (χ1v) is 31.2. The number of ether oxygens (including phenoxy) is 5. The average Bonchev–Trinajstić information content (AvgIpc) is 3.91. The van der Waals surface area contributed by atoms with Crippen LogP contribution in [0.25, 0.3) is 0 Å². The molecule has 1 fully saturated rings. The molecule has 0 radical (unpaired) electrons. The summed E-state index contributed by atoms with van der Waals surface area (Å²) in [4.78, 5) is 33.7. The van der Waals surface area contributed by atoms with Crippen LogP contribution in [0.2, 0.25) is 0 Å². The fraction of sp³-hybridized carbons (Fsp3) is 0.919. The summed E-state index contributed by atoms with van der Waals surface area (Å²) >= 11 is 0. The van der Waals surface area contributed by atoms with Gasteiger partial charge in [0.25, 0.3) is 0 Å². The van der Waals surface area contributed by atoms with Crippen LogP contribution in [0.15, 0.2) is 18.7 Å². The molecule has 10 nitrogen and oxygen atoms in total. The molecular weight excluding hydrogens is 899 g/mol. The van der Waals surface area contributed by atoms with E-state index in [4.69, 9.17) is 23.7 Å². The summed E-state index contributed by atoms with van der Waals surface area (Å²) in [6.45, 7) is 17.9. The molecule has 422 valence electrons. The van der Waals surface area contributed by atoms with Crippen molar-refractivity contribution in [3.05, 3.63) is 18.7 Å². The van der Waals surface area contributed by atoms with Gasteiger partial charge < -0.3 is 33.2 Å². The number of aryl methyl sites for hydroxylation is 1. The van der Waals surface area contributed by atoms with Gasteiger partial charge in [-0.3, -0.25) is 9.59 Å². The Balaban J connectivity index is 1.93. The molecule has 1 saturated heterocycles. The number of carbonyl (C=O) groups is 2. The van der Waals surface area contributed by atoms with Crippen LogP contribution < -0.4 is 0 Å². The Kier molecular flexibility index (Phi) is 43.8. The standard InChI is InChI=1S/C62H117N3O7/c1-6-10-14-18-22-26-32-52-69-60(70-53-33-27-23-19-15-11-7-2)40-38-58(66)37-35-42-62(43-49-64(50-44-62)47-30-31-48-65-51-46-63-56-65)45-55-68-59(67)39-41-61(71-54-34-28-24-20-16-12-8-3)72-57(5)36-29-25-21-17-13-9-4/h46,51,56-57,60-61H,6-45,47-50,52-55H2,1-5H3. The van der Waals surface area contributed by atoms with E-state index >= 15 is 0 Å². The third kappa shape index (κ3) is 37.8. The SMILES string of the molecule is CCCCCCCCCOC(CCC(=O)CCCC1(CCOC(=O)CCC(OCCCCCCCCC)OC(C)CCCCCCCC)CCN(CCCCn2ccnc2)CC1)OCCCCCCCCC. The summed E-state index contributed by atoms with van der Waals surface area (Å²) in [5, 5.41) is 0. The smallest absolute Gasteiger partial charge is 0.305 e. The highest BCUT2D eigenvalue weighted by Crippen LogP contribution is 2.40. The fourth-order valence-corrected chi connectivity index (χ4v) is 10.4. The van der Waals surface area contributed by atoms with Crippen molar-refractivity contribution >= 4 is 11.8 Å². The largest absolute Gasteiger partial charge is 0.466 e. The normalized spacial score (nSPS) is 14.9. The predicted molar refractivity (Wildman–Crippen MR) is 300 cm³/mol. The number of hydrogen-bond donors (Lipinski definition) is 0. The Bertz CT molecular complexity index is 1300. The van der Waals surface area contributed by atoms with Crippen LogP contribution in [0.1, 0.15) is 291 Å². The number of carbonyl (C=O) groups excluding carboxylic acids is 2. The minimum absolute atomic E-state index is 0.0625. The third-order valence-corrected chi connectivity index (χ3v) is 15.4. The van der Waals surface area contributed by atoms with Crippen molar-refractivity contribution in [1.29, 1.82) is 0 Å². The minimum Gasteiger partial charge on any atom is -0.466 e. The Morgan fingerprint density at radius 1 is 0.514 bits per heavy atom. The summed E-state index contributed by atoms with van der Waals surface area (Å²) in [5.74, 6) is 0.147. The van der Waals surface area contributed by atoms with Crippen molar-refractivity contribution in [2.45, 2.75) is 317 Å². The molecule has 1 aromatic heterocycles. The second kappa shape index (κ2) is 47.6. The van der Waals surface area contributed by atoms with E-state index in [1.165, 1.54) is 154 Å². The number of Topliss-reactive ketones (excluding diaryl/α,β-unsaturated/α-hetero) is 1. The molecule has 0 spiro atoms. The van der Waals surface area contributed by atoms with Gasteiger partial charge in [0, 0.05) is 64.4 Å². The molecule has 2 rings (SSSR count). The van der Waals surface area contributed by atoms with Gasteiger partial charge in [0.15, 0.2) is 12.6 Å². The van der Waals surface area contributed by atoms with Crippen LogP contribution >= 0.6 is 0 Å². The minimum atomic E-state index is -0.385. The van der Waals surface area contributed by atoms with Crippen molar-refractivity contribution in [1.82, 2.24) is 14.5 Å². The zero-order valence-electron chi connectivity index (χ0n) is 48.1. The van der Waals surface area contributed by atoms with Gasteiger partial charge in [0.05, 0.1) is 25.5 Å². The van der Waals surface area contributed by atoms with E-state index in [-0.39, 0.29) is 30.1 Å². The summed E-state index contributed by atoms with van der Waals surface area (Å²) in [6, 6.07) is 0. The quantitative estimate of drug-likeness (QED) is 0.0359. The van der Waals surface area contributed by atoms with E-state index in [9.17, 15) is 9.59 Å². The number of unbranched alkanes of at least 4 members (excludes halogenated alkanes) is 24. The fourth-order valence-electron chi connectivity index (χ4n) is 10.4. The van der Waals surface area contributed by atoms with Crippen LogP contribution in [-0.2, 0) is 39.8 Å². The monoisotopic (exact) mass is 1020 g/mol. The van der Waals surface area contributed by atoms with E-state index in [0.717, 1.165) is 96.8 Å². The molecule has 72 heavy (non-hydrogen) atoms. The number of likely N-dealkylation sites (tertiary alicyclic amines) is 1. The van der Waals surface area contributed by atoms with Gasteiger partial charge in [-0.25, -0.2) is 4.98 Å². The number of nitrogens with zero attached hydrogens (tertiary/aromatic N) is 3. The maximum Gasteiger partial charge on any atom is 0.305 e. The van der Waals surface area contributed by atoms with Crippen molar-refractivity contribution in [2.24, 2.45) is 5.41 Å². The van der Waals surface area contributed by atoms with E-state index in [2.05, 4.69) is 49.1 Å². The molecule has 10 heteroatoms. The zero-order valence-corrected chi connectivity index (χ0v) is 48.1. The van der Waals surface area contributed by atoms with Crippen LogP contribution in [0.4, 0.5) is 0 Å². The Morgan fingerprint density at radius 3 is 1.53 bits per heavy atom. The first-order chi connectivity index (χ1) is 35.3. The van der Waals surface area contributed by atoms with Gasteiger partial charge in [-0.05, 0) is 103 Å². The highest BCUT2D eigenvalue weighted by molar-refractivity contribution is 5.78. The summed E-state index contributed by atoms with van der Waals surface area (Å²) in [7, 11) is 0. The lowest BCUT2D eigenvalue weighted by atomic mass is 9.72. The lowest BCUT2D eigenvalue weighted by Crippen LogP contribution is -2.41. The lowest BCUT2D eigenvalue weighted by Gasteiger charge is -2.42. The Morgan fingerprint density at radius 2 is 1.00 bits per heavy atom. The molecule has 1 aliphatic rings. The van der Waals surface area contributed by atoms with Crippen LogP contribution in [0.3, 0.4) is 0 Å². The Labute approximate surface area is 444 Å². The summed E-state index contributed by atoms with van der Waals surface area (Å²) in [5.41, 5.74) is 0.0625. The second-order valence-electron chi connectivity index (χ2n) is 22.1. The number of piperidine rings is 1. The first-order valence-electron chi connectivity index (χ1n) is 31.2. The number of rotatable bonds is 54. The molecule has 2 unspecified atom stereocenters. The van der Waals surface area contributed by atoms with E-state index in [0.29, 0.717) is 64.3 Å². The van der Waals surface area contributed by atoms with Gasteiger partial charge in [0.2, 0.25) is 0 Å². The van der Waals surface area contributed by atoms with E-state index in [1.54, 1.807) is 0 Å².